The fourth-order valence-electron chi connectivity index (χ4n) is 4.11. The van der Waals surface area contributed by atoms with Gasteiger partial charge in [0.1, 0.15) is 0 Å². The Labute approximate surface area is 143 Å². The van der Waals surface area contributed by atoms with E-state index in [0.29, 0.717) is 18.1 Å². The molecule has 2 aliphatic rings. The Bertz CT molecular complexity index is 700. The second-order valence-corrected chi connectivity index (χ2v) is 6.71. The van der Waals surface area contributed by atoms with E-state index in [1.165, 1.54) is 12.8 Å². The third-order valence-corrected chi connectivity index (χ3v) is 5.34. The minimum Gasteiger partial charge on any atom is -0.339 e. The van der Waals surface area contributed by atoms with Crippen LogP contribution in [0.4, 0.5) is 0 Å². The molecule has 3 nitrogen and oxygen atoms in total. The van der Waals surface area contributed by atoms with Gasteiger partial charge in [0.05, 0.1) is 0 Å². The lowest BCUT2D eigenvalue weighted by molar-refractivity contribution is 0.0683. The Morgan fingerprint density at radius 2 is 1.70 bits per heavy atom. The number of hydrogen-bond acceptors (Lipinski definition) is 2. The van der Waals surface area contributed by atoms with Crippen molar-refractivity contribution in [3.8, 4) is 0 Å². The molecule has 23 heavy (non-hydrogen) atoms. The molecule has 2 atom stereocenters. The number of hydrogen-bond donors (Lipinski definition) is 1. The first-order valence-electron chi connectivity index (χ1n) is 8.23. The number of amides is 1. The highest BCUT2D eigenvalue weighted by Gasteiger charge is 2.36. The van der Waals surface area contributed by atoms with Crippen molar-refractivity contribution in [2.75, 3.05) is 7.05 Å². The van der Waals surface area contributed by atoms with Crippen molar-refractivity contribution >= 4 is 29.1 Å². The zero-order valence-electron chi connectivity index (χ0n) is 13.4. The number of carbonyl (C=O) groups is 1. The lowest BCUT2D eigenvalue weighted by atomic mass is 9.97. The molecule has 4 heteroatoms. The summed E-state index contributed by atoms with van der Waals surface area (Å²) in [5.41, 5.74) is 0.825. The van der Waals surface area contributed by atoms with Crippen molar-refractivity contribution in [2.45, 2.75) is 43.8 Å². The van der Waals surface area contributed by atoms with Gasteiger partial charge in [-0.25, -0.2) is 0 Å². The minimum absolute atomic E-state index is 0. The first-order valence-corrected chi connectivity index (χ1v) is 8.23. The van der Waals surface area contributed by atoms with Crippen molar-refractivity contribution in [3.63, 3.8) is 0 Å². The highest BCUT2D eigenvalue weighted by molar-refractivity contribution is 6.07. The van der Waals surface area contributed by atoms with Gasteiger partial charge in [-0.2, -0.15) is 0 Å². The number of benzene rings is 2. The summed E-state index contributed by atoms with van der Waals surface area (Å²) in [7, 11) is 1.97. The second-order valence-electron chi connectivity index (χ2n) is 6.71. The molecule has 0 radical (unpaired) electrons. The van der Waals surface area contributed by atoms with Crippen LogP contribution in [0.15, 0.2) is 42.5 Å². The molecule has 2 bridgehead atoms. The maximum absolute atomic E-state index is 13.0. The number of rotatable bonds is 2. The molecule has 0 aromatic heterocycles. The van der Waals surface area contributed by atoms with Crippen LogP contribution in [0.25, 0.3) is 10.8 Å². The lowest BCUT2D eigenvalue weighted by Crippen LogP contribution is -2.48. The van der Waals surface area contributed by atoms with E-state index in [9.17, 15) is 4.79 Å². The predicted octanol–water partition coefficient (Wildman–Crippen LogP) is 3.62. The summed E-state index contributed by atoms with van der Waals surface area (Å²) in [5.74, 6) is 0.156. The van der Waals surface area contributed by atoms with E-state index in [1.807, 2.05) is 42.3 Å². The number of halogens is 1. The molecular formula is C19H23ClN2O. The Morgan fingerprint density at radius 3 is 2.43 bits per heavy atom. The number of carbonyl (C=O) groups excluding carboxylic acids is 1. The van der Waals surface area contributed by atoms with Gasteiger partial charge >= 0.3 is 0 Å². The Morgan fingerprint density at radius 1 is 1.04 bits per heavy atom. The summed E-state index contributed by atoms with van der Waals surface area (Å²) < 4.78 is 0. The number of piperidine rings is 1. The third-order valence-electron chi connectivity index (χ3n) is 5.34. The monoisotopic (exact) mass is 330 g/mol. The number of fused-ring (bicyclic) bond motifs is 3. The van der Waals surface area contributed by atoms with E-state index >= 15 is 0 Å². The highest BCUT2D eigenvalue weighted by Crippen LogP contribution is 2.30. The molecule has 4 rings (SSSR count). The summed E-state index contributed by atoms with van der Waals surface area (Å²) >= 11 is 0. The molecule has 0 spiro atoms. The third kappa shape index (κ3) is 2.96. The normalized spacial score (nSPS) is 25.9. The fraction of sp³-hybridized carbons (Fsp3) is 0.421. The van der Waals surface area contributed by atoms with Gasteiger partial charge in [0.25, 0.3) is 5.91 Å². The number of nitrogens with zero attached hydrogens (tertiary/aromatic N) is 1. The van der Waals surface area contributed by atoms with Gasteiger partial charge < -0.3 is 10.2 Å². The molecule has 122 valence electrons. The SMILES string of the molecule is CN(C(=O)c1cccc2ccccc12)C1CC2CCC(C1)N2.Cl. The van der Waals surface area contributed by atoms with Gasteiger partial charge in [-0.15, -0.1) is 12.4 Å². The predicted molar refractivity (Wildman–Crippen MR) is 96.3 cm³/mol. The van der Waals surface area contributed by atoms with E-state index in [0.717, 1.165) is 29.2 Å². The van der Waals surface area contributed by atoms with Gasteiger partial charge in [-0.3, -0.25) is 4.79 Å². The molecule has 2 aromatic rings. The standard InChI is InChI=1S/C19H22N2O.ClH/c1-21(16-11-14-9-10-15(12-16)20-14)19(22)18-8-4-6-13-5-2-3-7-17(13)18;/h2-8,14-16,20H,9-12H2,1H3;1H. The van der Waals surface area contributed by atoms with Crippen molar-refractivity contribution in [2.24, 2.45) is 0 Å². The summed E-state index contributed by atoms with van der Waals surface area (Å²) in [6.45, 7) is 0. The highest BCUT2D eigenvalue weighted by atomic mass is 35.5. The van der Waals surface area contributed by atoms with E-state index < -0.39 is 0 Å². The van der Waals surface area contributed by atoms with Crippen LogP contribution in [-0.4, -0.2) is 36.0 Å². The van der Waals surface area contributed by atoms with Crippen LogP contribution >= 0.6 is 12.4 Å². The summed E-state index contributed by atoms with van der Waals surface area (Å²) in [6.07, 6.45) is 4.70. The molecular weight excluding hydrogens is 308 g/mol. The molecule has 1 N–H and O–H groups in total. The van der Waals surface area contributed by atoms with E-state index in [2.05, 4.69) is 17.4 Å². The van der Waals surface area contributed by atoms with Gasteiger partial charge in [0, 0.05) is 30.7 Å². The van der Waals surface area contributed by atoms with E-state index in [4.69, 9.17) is 0 Å². The van der Waals surface area contributed by atoms with Crippen molar-refractivity contribution < 1.29 is 4.79 Å². The summed E-state index contributed by atoms with van der Waals surface area (Å²) in [5, 5.41) is 5.83. The van der Waals surface area contributed by atoms with Crippen LogP contribution in [0.5, 0.6) is 0 Å². The maximum Gasteiger partial charge on any atom is 0.254 e. The zero-order valence-corrected chi connectivity index (χ0v) is 14.2. The molecule has 2 heterocycles. The van der Waals surface area contributed by atoms with Crippen molar-refractivity contribution in [1.82, 2.24) is 10.2 Å². The van der Waals surface area contributed by atoms with Gasteiger partial charge in [-0.1, -0.05) is 36.4 Å². The first-order chi connectivity index (χ1) is 10.7. The average Bonchev–Trinajstić information content (AvgIpc) is 2.91. The van der Waals surface area contributed by atoms with Gasteiger partial charge in [0.15, 0.2) is 0 Å². The van der Waals surface area contributed by atoms with Gasteiger partial charge in [-0.05, 0) is 42.5 Å². The second kappa shape index (κ2) is 6.50. The molecule has 2 fully saturated rings. The maximum atomic E-state index is 13.0. The molecule has 2 saturated heterocycles. The smallest absolute Gasteiger partial charge is 0.254 e. The van der Waals surface area contributed by atoms with E-state index in [-0.39, 0.29) is 18.3 Å². The van der Waals surface area contributed by atoms with Crippen LogP contribution in [-0.2, 0) is 0 Å². The molecule has 2 unspecified atom stereocenters. The van der Waals surface area contributed by atoms with E-state index in [1.54, 1.807) is 0 Å². The molecule has 1 amide bonds. The molecule has 0 aliphatic carbocycles. The van der Waals surface area contributed by atoms with Crippen molar-refractivity contribution in [1.29, 1.82) is 0 Å². The Balaban J connectivity index is 0.00000156. The summed E-state index contributed by atoms with van der Waals surface area (Å²) in [6, 6.07) is 15.7. The fourth-order valence-corrected chi connectivity index (χ4v) is 4.11. The topological polar surface area (TPSA) is 32.3 Å². The molecule has 2 aliphatic heterocycles. The van der Waals surface area contributed by atoms with Crippen LogP contribution in [0, 0.1) is 0 Å². The van der Waals surface area contributed by atoms with Gasteiger partial charge in [0.2, 0.25) is 0 Å². The van der Waals surface area contributed by atoms with Crippen LogP contribution in [0.2, 0.25) is 0 Å². The number of nitrogens with one attached hydrogen (secondary N) is 1. The largest absolute Gasteiger partial charge is 0.339 e. The van der Waals surface area contributed by atoms with Crippen LogP contribution in [0.1, 0.15) is 36.0 Å². The van der Waals surface area contributed by atoms with Crippen LogP contribution < -0.4 is 5.32 Å². The Kier molecular flexibility index (Phi) is 4.60. The Hall–Kier alpha value is -1.58. The lowest BCUT2D eigenvalue weighted by Gasteiger charge is -2.35. The quantitative estimate of drug-likeness (QED) is 0.912. The molecule has 0 saturated carbocycles. The van der Waals surface area contributed by atoms with Crippen molar-refractivity contribution in [3.05, 3.63) is 48.0 Å². The average molecular weight is 331 g/mol. The zero-order chi connectivity index (χ0) is 15.1. The van der Waals surface area contributed by atoms with Crippen LogP contribution in [0.3, 0.4) is 0 Å². The minimum atomic E-state index is 0. The summed E-state index contributed by atoms with van der Waals surface area (Å²) in [4.78, 5) is 15.0. The molecule has 2 aromatic carbocycles. The first kappa shape index (κ1) is 16.3.